The van der Waals surface area contributed by atoms with Crippen molar-refractivity contribution in [2.45, 2.75) is 31.3 Å². The fraction of sp³-hybridized carbons (Fsp3) is 0.250. The van der Waals surface area contributed by atoms with Gasteiger partial charge in [-0.2, -0.15) is 15.0 Å². The summed E-state index contributed by atoms with van der Waals surface area (Å²) in [5.74, 6) is -0.149. The lowest BCUT2D eigenvalue weighted by molar-refractivity contribution is 0.0933. The number of pyridine rings is 1. The quantitative estimate of drug-likeness (QED) is 0.343. The lowest BCUT2D eigenvalue weighted by atomic mass is 10.1. The molecule has 0 radical (unpaired) electrons. The first-order valence-electron chi connectivity index (χ1n) is 9.55. The van der Waals surface area contributed by atoms with E-state index >= 15 is 0 Å². The molecule has 1 aliphatic carbocycles. The molecule has 8 nitrogen and oxygen atoms in total. The molecule has 0 aliphatic heterocycles. The highest BCUT2D eigenvalue weighted by molar-refractivity contribution is 14.1. The number of nitrogens with zero attached hydrogens (tertiary/aromatic N) is 4. The molecule has 1 saturated carbocycles. The van der Waals surface area contributed by atoms with Gasteiger partial charge in [0, 0.05) is 24.5 Å². The Morgan fingerprint density at radius 1 is 1.07 bits per heavy atom. The van der Waals surface area contributed by atoms with Crippen LogP contribution >= 0.6 is 34.8 Å². The number of nitrogens with one attached hydrogen (secondary N) is 3. The van der Waals surface area contributed by atoms with Crippen LogP contribution in [-0.4, -0.2) is 43.1 Å². The van der Waals surface area contributed by atoms with Gasteiger partial charge in [-0.25, -0.2) is 0 Å². The van der Waals surface area contributed by atoms with Crippen molar-refractivity contribution in [2.24, 2.45) is 0 Å². The van der Waals surface area contributed by atoms with E-state index in [-0.39, 0.29) is 18.0 Å². The summed E-state index contributed by atoms with van der Waals surface area (Å²) in [5.41, 5.74) is 2.08. The SMILES string of the molecule is O=C(N[C@H]1CCC[C@@H]1NC(=S)Nc1ccncc1I)c1ccccc1-n1nccn1. The molecule has 3 aromatic rings. The van der Waals surface area contributed by atoms with Gasteiger partial charge in [0.2, 0.25) is 0 Å². The molecular weight excluding hydrogens is 513 g/mol. The van der Waals surface area contributed by atoms with Gasteiger partial charge in [-0.15, -0.1) is 0 Å². The Balaban J connectivity index is 1.42. The number of carbonyl (C=O) groups is 1. The van der Waals surface area contributed by atoms with E-state index < -0.39 is 0 Å². The van der Waals surface area contributed by atoms with Crippen molar-refractivity contribution < 1.29 is 4.79 Å². The van der Waals surface area contributed by atoms with Gasteiger partial charge >= 0.3 is 0 Å². The molecule has 2 aromatic heterocycles. The summed E-state index contributed by atoms with van der Waals surface area (Å²) in [7, 11) is 0. The molecule has 2 atom stereocenters. The van der Waals surface area contributed by atoms with Crippen molar-refractivity contribution >= 4 is 51.5 Å². The second-order valence-corrected chi connectivity index (χ2v) is 8.48. The fourth-order valence-electron chi connectivity index (χ4n) is 3.54. The standard InChI is InChI=1S/C20H20IN7OS/c21-14-12-22-9-8-15(14)26-20(30)27-17-6-3-5-16(17)25-19(29)13-4-1-2-7-18(13)28-23-10-11-24-28/h1-2,4,7-12,16-17H,3,5-6H2,(H,25,29)(H2,22,26,27,30)/t16-,17-/m0/s1. The largest absolute Gasteiger partial charge is 0.358 e. The predicted molar refractivity (Wildman–Crippen MR) is 127 cm³/mol. The van der Waals surface area contributed by atoms with Gasteiger partial charge in [0.05, 0.1) is 32.9 Å². The molecule has 1 fully saturated rings. The van der Waals surface area contributed by atoms with Crippen LogP contribution in [0.5, 0.6) is 0 Å². The maximum Gasteiger partial charge on any atom is 0.253 e. The minimum absolute atomic E-state index is 0.0209. The summed E-state index contributed by atoms with van der Waals surface area (Å²) in [4.78, 5) is 18.6. The number of halogens is 1. The van der Waals surface area contributed by atoms with Gasteiger partial charge in [-0.1, -0.05) is 12.1 Å². The van der Waals surface area contributed by atoms with E-state index in [1.807, 2.05) is 24.3 Å². The normalized spacial score (nSPS) is 18.0. The van der Waals surface area contributed by atoms with E-state index in [0.717, 1.165) is 28.5 Å². The lowest BCUT2D eigenvalue weighted by Crippen LogP contribution is -2.49. The van der Waals surface area contributed by atoms with E-state index in [0.29, 0.717) is 16.4 Å². The van der Waals surface area contributed by atoms with Gasteiger partial charge in [0.25, 0.3) is 5.91 Å². The van der Waals surface area contributed by atoms with Gasteiger partial charge in [0.15, 0.2) is 5.11 Å². The van der Waals surface area contributed by atoms with E-state index in [1.165, 1.54) is 4.80 Å². The molecule has 4 rings (SSSR count). The van der Waals surface area contributed by atoms with E-state index in [1.54, 1.807) is 30.9 Å². The summed E-state index contributed by atoms with van der Waals surface area (Å²) < 4.78 is 0.986. The monoisotopic (exact) mass is 533 g/mol. The van der Waals surface area contributed by atoms with Gasteiger partial charge in [-0.3, -0.25) is 9.78 Å². The number of hydrogen-bond donors (Lipinski definition) is 3. The highest BCUT2D eigenvalue weighted by atomic mass is 127. The average molecular weight is 533 g/mol. The number of thiocarbonyl (C=S) groups is 1. The van der Waals surface area contributed by atoms with Crippen LogP contribution in [0, 0.1) is 3.57 Å². The Morgan fingerprint density at radius 2 is 1.80 bits per heavy atom. The zero-order valence-corrected chi connectivity index (χ0v) is 18.9. The second kappa shape index (κ2) is 9.47. The van der Waals surface area contributed by atoms with Crippen molar-refractivity contribution in [3.8, 4) is 5.69 Å². The van der Waals surface area contributed by atoms with Gasteiger partial charge in [0.1, 0.15) is 0 Å². The van der Waals surface area contributed by atoms with Crippen LogP contribution in [0.3, 0.4) is 0 Å². The number of rotatable bonds is 5. The summed E-state index contributed by atoms with van der Waals surface area (Å²) >= 11 is 7.70. The number of anilines is 1. The number of benzene rings is 1. The van der Waals surface area contributed by atoms with Crippen LogP contribution in [-0.2, 0) is 0 Å². The summed E-state index contributed by atoms with van der Waals surface area (Å²) in [5, 5.41) is 18.5. The van der Waals surface area contributed by atoms with Crippen LogP contribution < -0.4 is 16.0 Å². The van der Waals surface area contributed by atoms with Crippen molar-refractivity contribution in [3.63, 3.8) is 0 Å². The summed E-state index contributed by atoms with van der Waals surface area (Å²) in [6.07, 6.45) is 9.50. The highest BCUT2D eigenvalue weighted by Crippen LogP contribution is 2.22. The fourth-order valence-corrected chi connectivity index (χ4v) is 4.27. The molecular formula is C20H20IN7OS. The number of para-hydroxylation sites is 1. The third kappa shape index (κ3) is 4.75. The van der Waals surface area contributed by atoms with Crippen molar-refractivity contribution in [1.29, 1.82) is 0 Å². The number of carbonyl (C=O) groups excluding carboxylic acids is 1. The molecule has 1 amide bonds. The Bertz CT molecular complexity index is 1040. The molecule has 0 bridgehead atoms. The summed E-state index contributed by atoms with van der Waals surface area (Å²) in [6, 6.07) is 9.22. The zero-order valence-electron chi connectivity index (χ0n) is 16.0. The minimum atomic E-state index is -0.149. The third-order valence-corrected chi connectivity index (χ3v) is 6.03. The smallest absolute Gasteiger partial charge is 0.253 e. The topological polar surface area (TPSA) is 96.8 Å². The van der Waals surface area contributed by atoms with Crippen molar-refractivity contribution in [3.05, 3.63) is 64.3 Å². The Morgan fingerprint density at radius 3 is 2.57 bits per heavy atom. The summed E-state index contributed by atoms with van der Waals surface area (Å²) in [6.45, 7) is 0. The number of amides is 1. The number of aromatic nitrogens is 4. The molecule has 3 N–H and O–H groups in total. The van der Waals surface area contributed by atoms with Crippen LogP contribution in [0.15, 0.2) is 55.1 Å². The van der Waals surface area contributed by atoms with Crippen LogP contribution in [0.25, 0.3) is 5.69 Å². The minimum Gasteiger partial charge on any atom is -0.358 e. The molecule has 10 heteroatoms. The van der Waals surface area contributed by atoms with Crippen molar-refractivity contribution in [2.75, 3.05) is 5.32 Å². The van der Waals surface area contributed by atoms with Crippen LogP contribution in [0.4, 0.5) is 5.69 Å². The van der Waals surface area contributed by atoms with Gasteiger partial charge in [-0.05, 0) is 72.3 Å². The zero-order chi connectivity index (χ0) is 20.9. The molecule has 154 valence electrons. The van der Waals surface area contributed by atoms with Crippen LogP contribution in [0.1, 0.15) is 29.6 Å². The average Bonchev–Trinajstić information content (AvgIpc) is 3.42. The lowest BCUT2D eigenvalue weighted by Gasteiger charge is -2.24. The maximum absolute atomic E-state index is 13.0. The Labute approximate surface area is 193 Å². The molecule has 0 unspecified atom stereocenters. The molecule has 30 heavy (non-hydrogen) atoms. The second-order valence-electron chi connectivity index (χ2n) is 6.91. The van der Waals surface area contributed by atoms with E-state index in [4.69, 9.17) is 12.2 Å². The van der Waals surface area contributed by atoms with E-state index in [2.05, 4.69) is 53.7 Å². The first kappa shape index (κ1) is 20.7. The molecule has 0 spiro atoms. The van der Waals surface area contributed by atoms with Gasteiger partial charge < -0.3 is 16.0 Å². The first-order valence-corrected chi connectivity index (χ1v) is 11.0. The van der Waals surface area contributed by atoms with E-state index in [9.17, 15) is 4.79 Å². The first-order chi connectivity index (χ1) is 14.6. The molecule has 1 aromatic carbocycles. The Hall–Kier alpha value is -2.60. The molecule has 0 saturated heterocycles. The Kier molecular flexibility index (Phi) is 6.53. The maximum atomic E-state index is 13.0. The molecule has 2 heterocycles. The van der Waals surface area contributed by atoms with Crippen LogP contribution in [0.2, 0.25) is 0 Å². The predicted octanol–water partition coefficient (Wildman–Crippen LogP) is 2.90. The highest BCUT2D eigenvalue weighted by Gasteiger charge is 2.30. The third-order valence-electron chi connectivity index (χ3n) is 4.95. The van der Waals surface area contributed by atoms with Crippen molar-refractivity contribution in [1.82, 2.24) is 30.6 Å². The number of hydrogen-bond acceptors (Lipinski definition) is 5. The molecule has 1 aliphatic rings.